The maximum atomic E-state index is 12.2. The highest BCUT2D eigenvalue weighted by atomic mass is 35.5. The second kappa shape index (κ2) is 8.16. The summed E-state index contributed by atoms with van der Waals surface area (Å²) < 4.78 is 5.21. The average Bonchev–Trinajstić information content (AvgIpc) is 3.10. The number of hydrogen-bond donors (Lipinski definition) is 2. The first-order valence-corrected chi connectivity index (χ1v) is 9.06. The number of amides is 2. The summed E-state index contributed by atoms with van der Waals surface area (Å²) in [6.07, 6.45) is 0. The molecule has 0 aliphatic heterocycles. The van der Waals surface area contributed by atoms with Gasteiger partial charge in [0.05, 0.1) is 12.8 Å². The van der Waals surface area contributed by atoms with Crippen LogP contribution in [0, 0.1) is 0 Å². The van der Waals surface area contributed by atoms with Gasteiger partial charge in [-0.1, -0.05) is 60.2 Å². The van der Waals surface area contributed by atoms with E-state index in [1.165, 1.54) is 18.4 Å². The molecule has 6 nitrogen and oxygen atoms in total. The maximum absolute atomic E-state index is 12.2. The fraction of sp³-hybridized carbons (Fsp3) is 0.167. The number of ether oxygens (including phenoxy) is 1. The van der Waals surface area contributed by atoms with Crippen molar-refractivity contribution >= 4 is 39.8 Å². The summed E-state index contributed by atoms with van der Waals surface area (Å²) >= 11 is 7.30. The summed E-state index contributed by atoms with van der Waals surface area (Å²) in [6.45, 7) is 2.05. The predicted octanol–water partition coefficient (Wildman–Crippen LogP) is 5.00. The first-order valence-electron chi connectivity index (χ1n) is 7.86. The topological polar surface area (TPSA) is 76.1 Å². The zero-order valence-corrected chi connectivity index (χ0v) is 15.8. The molecule has 134 valence electrons. The van der Waals surface area contributed by atoms with Gasteiger partial charge in [0.15, 0.2) is 0 Å². The van der Waals surface area contributed by atoms with Crippen LogP contribution in [0.5, 0.6) is 5.75 Å². The molecule has 2 aromatic carbocycles. The number of rotatable bonds is 5. The zero-order valence-electron chi connectivity index (χ0n) is 14.2. The van der Waals surface area contributed by atoms with Gasteiger partial charge in [-0.25, -0.2) is 4.79 Å². The Morgan fingerprint density at radius 1 is 1.15 bits per heavy atom. The largest absolute Gasteiger partial charge is 0.495 e. The van der Waals surface area contributed by atoms with Crippen LogP contribution in [0.15, 0.2) is 48.5 Å². The van der Waals surface area contributed by atoms with Crippen LogP contribution in [0.4, 0.5) is 15.6 Å². The van der Waals surface area contributed by atoms with E-state index in [1.807, 2.05) is 30.3 Å². The quantitative estimate of drug-likeness (QED) is 0.645. The van der Waals surface area contributed by atoms with Gasteiger partial charge in [0.25, 0.3) is 0 Å². The van der Waals surface area contributed by atoms with Gasteiger partial charge in [0.1, 0.15) is 10.8 Å². The van der Waals surface area contributed by atoms with E-state index in [4.69, 9.17) is 16.3 Å². The number of urea groups is 1. The minimum Gasteiger partial charge on any atom is -0.495 e. The second-order valence-electron chi connectivity index (χ2n) is 5.50. The van der Waals surface area contributed by atoms with Gasteiger partial charge < -0.3 is 10.1 Å². The lowest BCUT2D eigenvalue weighted by Gasteiger charge is -2.10. The van der Waals surface area contributed by atoms with Gasteiger partial charge in [-0.05, 0) is 23.8 Å². The highest BCUT2D eigenvalue weighted by Gasteiger charge is 2.16. The first-order chi connectivity index (χ1) is 12.6. The molecule has 0 aliphatic carbocycles. The van der Waals surface area contributed by atoms with Gasteiger partial charge in [0.2, 0.25) is 5.13 Å². The molecule has 26 heavy (non-hydrogen) atoms. The van der Waals surface area contributed by atoms with Crippen LogP contribution in [0.25, 0.3) is 0 Å². The molecule has 1 aromatic heterocycles. The molecule has 0 fully saturated rings. The van der Waals surface area contributed by atoms with E-state index in [1.54, 1.807) is 18.2 Å². The Morgan fingerprint density at radius 3 is 2.65 bits per heavy atom. The van der Waals surface area contributed by atoms with Crippen molar-refractivity contribution in [3.05, 3.63) is 64.1 Å². The van der Waals surface area contributed by atoms with Crippen molar-refractivity contribution in [2.24, 2.45) is 0 Å². The molecule has 0 aliphatic rings. The Hall–Kier alpha value is -2.64. The molecule has 8 heteroatoms. The fourth-order valence-electron chi connectivity index (χ4n) is 2.37. The number of aromatic nitrogens is 2. The van der Waals surface area contributed by atoms with Gasteiger partial charge >= 0.3 is 6.03 Å². The number of nitrogens with one attached hydrogen (secondary N) is 2. The molecule has 0 saturated carbocycles. The smallest absolute Gasteiger partial charge is 0.325 e. The van der Waals surface area contributed by atoms with E-state index >= 15 is 0 Å². The van der Waals surface area contributed by atoms with Crippen LogP contribution in [-0.2, 0) is 0 Å². The highest BCUT2D eigenvalue weighted by molar-refractivity contribution is 7.15. The van der Waals surface area contributed by atoms with Crippen molar-refractivity contribution in [1.29, 1.82) is 0 Å². The average molecular weight is 389 g/mol. The number of hydrogen-bond acceptors (Lipinski definition) is 5. The van der Waals surface area contributed by atoms with Crippen molar-refractivity contribution in [1.82, 2.24) is 10.2 Å². The standard InChI is InChI=1S/C18H17ClN4O2S/c1-11(12-6-4-3-5-7-12)16-22-23-18(26-16)21-17(24)20-14-10-13(19)8-9-15(14)25-2/h3-11H,1-2H3,(H2,20,21,23,24). The molecule has 0 bridgehead atoms. The van der Waals surface area contributed by atoms with Crippen LogP contribution < -0.4 is 15.4 Å². The Kier molecular flexibility index (Phi) is 5.70. The van der Waals surface area contributed by atoms with Crippen molar-refractivity contribution in [3.8, 4) is 5.75 Å². The van der Waals surface area contributed by atoms with Crippen LogP contribution >= 0.6 is 22.9 Å². The zero-order chi connectivity index (χ0) is 18.5. The number of anilines is 2. The number of halogens is 1. The number of carbonyl (C=O) groups excluding carboxylic acids is 1. The van der Waals surface area contributed by atoms with Gasteiger partial charge in [0, 0.05) is 10.9 Å². The van der Waals surface area contributed by atoms with E-state index in [9.17, 15) is 4.79 Å². The minimum atomic E-state index is -0.444. The summed E-state index contributed by atoms with van der Waals surface area (Å²) in [5.74, 6) is 0.612. The minimum absolute atomic E-state index is 0.0975. The summed E-state index contributed by atoms with van der Waals surface area (Å²) in [5.41, 5.74) is 1.61. The third-order valence-electron chi connectivity index (χ3n) is 3.74. The summed E-state index contributed by atoms with van der Waals surface area (Å²) in [4.78, 5) is 12.2. The number of benzene rings is 2. The monoisotopic (exact) mass is 388 g/mol. The molecule has 3 rings (SSSR count). The van der Waals surface area contributed by atoms with Gasteiger partial charge in [-0.2, -0.15) is 0 Å². The summed E-state index contributed by atoms with van der Waals surface area (Å²) in [6, 6.07) is 14.6. The Bertz CT molecular complexity index is 901. The molecule has 0 radical (unpaired) electrons. The Labute approximate surface area is 160 Å². The van der Waals surface area contributed by atoms with Crippen molar-refractivity contribution < 1.29 is 9.53 Å². The SMILES string of the molecule is COc1ccc(Cl)cc1NC(=O)Nc1nnc(C(C)c2ccccc2)s1. The lowest BCUT2D eigenvalue weighted by Crippen LogP contribution is -2.19. The third-order valence-corrected chi connectivity index (χ3v) is 5.00. The number of carbonyl (C=O) groups is 1. The van der Waals surface area contributed by atoms with Gasteiger partial charge in [-0.15, -0.1) is 10.2 Å². The molecule has 0 saturated heterocycles. The molecular weight excluding hydrogens is 372 g/mol. The van der Waals surface area contributed by atoms with Crippen LogP contribution in [0.1, 0.15) is 23.4 Å². The molecule has 1 unspecified atom stereocenters. The van der Waals surface area contributed by atoms with Crippen LogP contribution in [-0.4, -0.2) is 23.3 Å². The van der Waals surface area contributed by atoms with E-state index in [-0.39, 0.29) is 5.92 Å². The van der Waals surface area contributed by atoms with Crippen molar-refractivity contribution in [2.45, 2.75) is 12.8 Å². The maximum Gasteiger partial charge on any atom is 0.325 e. The molecule has 1 atom stereocenters. The molecule has 0 spiro atoms. The first kappa shape index (κ1) is 18.2. The molecular formula is C18H17ClN4O2S. The van der Waals surface area contributed by atoms with E-state index in [0.29, 0.717) is 21.6 Å². The molecule has 2 N–H and O–H groups in total. The van der Waals surface area contributed by atoms with Crippen LogP contribution in [0.2, 0.25) is 5.02 Å². The second-order valence-corrected chi connectivity index (χ2v) is 6.95. The van der Waals surface area contributed by atoms with E-state index in [0.717, 1.165) is 10.6 Å². The summed E-state index contributed by atoms with van der Waals surface area (Å²) in [5, 5.41) is 15.3. The molecule has 1 heterocycles. The van der Waals surface area contributed by atoms with Crippen LogP contribution in [0.3, 0.4) is 0 Å². The number of methoxy groups -OCH3 is 1. The Morgan fingerprint density at radius 2 is 1.92 bits per heavy atom. The third kappa shape index (κ3) is 4.30. The molecule has 2 amide bonds. The fourth-order valence-corrected chi connectivity index (χ4v) is 3.36. The summed E-state index contributed by atoms with van der Waals surface area (Å²) in [7, 11) is 1.52. The lowest BCUT2D eigenvalue weighted by molar-refractivity contribution is 0.262. The predicted molar refractivity (Wildman–Crippen MR) is 105 cm³/mol. The van der Waals surface area contributed by atoms with Gasteiger partial charge in [-0.3, -0.25) is 5.32 Å². The molecule has 3 aromatic rings. The Balaban J connectivity index is 1.68. The number of nitrogens with zero attached hydrogens (tertiary/aromatic N) is 2. The van der Waals surface area contributed by atoms with E-state index in [2.05, 4.69) is 27.8 Å². The van der Waals surface area contributed by atoms with E-state index < -0.39 is 6.03 Å². The lowest BCUT2D eigenvalue weighted by atomic mass is 10.0. The highest BCUT2D eigenvalue weighted by Crippen LogP contribution is 2.30. The van der Waals surface area contributed by atoms with Crippen molar-refractivity contribution in [2.75, 3.05) is 17.7 Å². The van der Waals surface area contributed by atoms with Crippen molar-refractivity contribution in [3.63, 3.8) is 0 Å². The normalized spacial score (nSPS) is 11.7.